The molecule has 0 spiro atoms. The predicted molar refractivity (Wildman–Crippen MR) is 94.2 cm³/mol. The molecule has 0 saturated heterocycles. The van der Waals surface area contributed by atoms with Crippen molar-refractivity contribution in [3.05, 3.63) is 51.9 Å². The number of benzene rings is 1. The number of anilines is 1. The maximum absolute atomic E-state index is 11.9. The number of aryl methyl sites for hydroxylation is 1. The Morgan fingerprint density at radius 1 is 1.12 bits per heavy atom. The molecule has 0 aliphatic carbocycles. The van der Waals surface area contributed by atoms with Crippen LogP contribution in [0.5, 0.6) is 0 Å². The van der Waals surface area contributed by atoms with Crippen molar-refractivity contribution in [2.75, 3.05) is 18.5 Å². The maximum atomic E-state index is 11.9. The number of ether oxygens (including phenoxy) is 1. The summed E-state index contributed by atoms with van der Waals surface area (Å²) in [6.07, 6.45) is 0. The summed E-state index contributed by atoms with van der Waals surface area (Å²) < 4.78 is 10.2. The summed E-state index contributed by atoms with van der Waals surface area (Å²) in [6.45, 7) is 3.11. The van der Waals surface area contributed by atoms with E-state index in [9.17, 15) is 14.4 Å². The van der Waals surface area contributed by atoms with Crippen LogP contribution in [-0.4, -0.2) is 30.9 Å². The molecule has 8 heteroatoms. The van der Waals surface area contributed by atoms with Crippen molar-refractivity contribution < 1.29 is 23.5 Å². The molecule has 1 aromatic heterocycles. The van der Waals surface area contributed by atoms with Crippen LogP contribution in [0.1, 0.15) is 21.7 Å². The fourth-order valence-electron chi connectivity index (χ4n) is 1.94. The maximum Gasteiger partial charge on any atom is 0.374 e. The van der Waals surface area contributed by atoms with Gasteiger partial charge in [-0.1, -0.05) is 12.1 Å². The molecule has 132 valence electrons. The highest BCUT2D eigenvalue weighted by Gasteiger charge is 2.14. The zero-order valence-corrected chi connectivity index (χ0v) is 15.3. The lowest BCUT2D eigenvalue weighted by Crippen LogP contribution is -2.35. The van der Waals surface area contributed by atoms with E-state index in [4.69, 9.17) is 9.15 Å². The standard InChI is InChI=1S/C17H17BrN2O5/c1-10-4-3-5-12(11(10)2)20-15(21)8-19-16(22)9-24-17(23)13-6-7-14(18)25-13/h3-7H,8-9H2,1-2H3,(H,19,22)(H,20,21). The number of carbonyl (C=O) groups is 3. The van der Waals surface area contributed by atoms with Gasteiger partial charge in [0.25, 0.3) is 5.91 Å². The van der Waals surface area contributed by atoms with E-state index in [0.29, 0.717) is 10.4 Å². The van der Waals surface area contributed by atoms with Crippen LogP contribution in [-0.2, 0) is 14.3 Å². The van der Waals surface area contributed by atoms with Gasteiger partial charge in [0.2, 0.25) is 11.7 Å². The number of carbonyl (C=O) groups excluding carboxylic acids is 3. The summed E-state index contributed by atoms with van der Waals surface area (Å²) >= 11 is 3.06. The van der Waals surface area contributed by atoms with E-state index in [-0.39, 0.29) is 18.2 Å². The van der Waals surface area contributed by atoms with Gasteiger partial charge in [0, 0.05) is 5.69 Å². The molecule has 0 aliphatic rings. The van der Waals surface area contributed by atoms with E-state index >= 15 is 0 Å². The van der Waals surface area contributed by atoms with E-state index in [2.05, 4.69) is 26.6 Å². The number of nitrogens with one attached hydrogen (secondary N) is 2. The second-order valence-corrected chi connectivity index (χ2v) is 6.03. The van der Waals surface area contributed by atoms with Crippen molar-refractivity contribution in [1.29, 1.82) is 0 Å². The molecule has 0 bridgehead atoms. The normalized spacial score (nSPS) is 10.2. The molecule has 2 N–H and O–H groups in total. The van der Waals surface area contributed by atoms with Gasteiger partial charge in [-0.05, 0) is 59.1 Å². The van der Waals surface area contributed by atoms with Gasteiger partial charge in [-0.3, -0.25) is 9.59 Å². The van der Waals surface area contributed by atoms with Crippen LogP contribution >= 0.6 is 15.9 Å². The first-order valence-electron chi connectivity index (χ1n) is 7.42. The third-order valence-electron chi connectivity index (χ3n) is 3.43. The molecule has 0 aliphatic heterocycles. The predicted octanol–water partition coefficient (Wildman–Crippen LogP) is 2.57. The molecule has 0 atom stereocenters. The van der Waals surface area contributed by atoms with Gasteiger partial charge < -0.3 is 19.8 Å². The van der Waals surface area contributed by atoms with Gasteiger partial charge in [-0.25, -0.2) is 4.79 Å². The Morgan fingerprint density at radius 3 is 2.56 bits per heavy atom. The zero-order valence-electron chi connectivity index (χ0n) is 13.7. The lowest BCUT2D eigenvalue weighted by atomic mass is 10.1. The molecule has 2 rings (SSSR count). The van der Waals surface area contributed by atoms with Gasteiger partial charge in [-0.15, -0.1) is 0 Å². The molecule has 0 radical (unpaired) electrons. The smallest absolute Gasteiger partial charge is 0.374 e. The first-order valence-corrected chi connectivity index (χ1v) is 8.21. The van der Waals surface area contributed by atoms with Crippen LogP contribution in [0.4, 0.5) is 5.69 Å². The van der Waals surface area contributed by atoms with E-state index < -0.39 is 18.5 Å². The number of hydrogen-bond acceptors (Lipinski definition) is 5. The minimum absolute atomic E-state index is 0.0210. The van der Waals surface area contributed by atoms with Gasteiger partial charge in [-0.2, -0.15) is 0 Å². The Balaban J connectivity index is 1.75. The van der Waals surface area contributed by atoms with Crippen molar-refractivity contribution in [2.24, 2.45) is 0 Å². The largest absolute Gasteiger partial charge is 0.450 e. The van der Waals surface area contributed by atoms with Gasteiger partial charge in [0.1, 0.15) is 0 Å². The quantitative estimate of drug-likeness (QED) is 0.715. The molecular weight excluding hydrogens is 392 g/mol. The van der Waals surface area contributed by atoms with Crippen LogP contribution in [0.25, 0.3) is 0 Å². The number of amides is 2. The Hall–Kier alpha value is -2.61. The van der Waals surface area contributed by atoms with Crippen molar-refractivity contribution >= 4 is 39.4 Å². The fraction of sp³-hybridized carbons (Fsp3) is 0.235. The summed E-state index contributed by atoms with van der Waals surface area (Å²) in [5.74, 6) is -1.74. The summed E-state index contributed by atoms with van der Waals surface area (Å²) in [5, 5.41) is 5.10. The molecule has 2 aromatic rings. The Bertz CT molecular complexity index is 800. The highest BCUT2D eigenvalue weighted by atomic mass is 79.9. The molecule has 25 heavy (non-hydrogen) atoms. The molecule has 2 amide bonds. The average molecular weight is 409 g/mol. The molecule has 0 fully saturated rings. The molecule has 0 saturated carbocycles. The minimum Gasteiger partial charge on any atom is -0.450 e. The van der Waals surface area contributed by atoms with Crippen molar-refractivity contribution in [3.8, 4) is 0 Å². The fourth-order valence-corrected chi connectivity index (χ4v) is 2.24. The Morgan fingerprint density at radius 2 is 1.88 bits per heavy atom. The van der Waals surface area contributed by atoms with E-state index in [1.165, 1.54) is 12.1 Å². The lowest BCUT2D eigenvalue weighted by Gasteiger charge is -2.11. The molecule has 7 nitrogen and oxygen atoms in total. The third kappa shape index (κ3) is 5.46. The van der Waals surface area contributed by atoms with E-state index in [0.717, 1.165) is 11.1 Å². The number of rotatable bonds is 6. The van der Waals surface area contributed by atoms with E-state index in [1.807, 2.05) is 26.0 Å². The monoisotopic (exact) mass is 408 g/mol. The topological polar surface area (TPSA) is 97.6 Å². The number of esters is 1. The number of hydrogen-bond donors (Lipinski definition) is 2. The van der Waals surface area contributed by atoms with Gasteiger partial charge in [0.15, 0.2) is 11.3 Å². The third-order valence-corrected chi connectivity index (χ3v) is 3.86. The van der Waals surface area contributed by atoms with Crippen LogP contribution in [0.15, 0.2) is 39.4 Å². The Labute approximate surface area is 152 Å². The first kappa shape index (κ1) is 18.7. The van der Waals surface area contributed by atoms with Gasteiger partial charge >= 0.3 is 5.97 Å². The van der Waals surface area contributed by atoms with Crippen molar-refractivity contribution in [3.63, 3.8) is 0 Å². The molecular formula is C17H17BrN2O5. The number of halogens is 1. The van der Waals surface area contributed by atoms with Crippen molar-refractivity contribution in [2.45, 2.75) is 13.8 Å². The highest BCUT2D eigenvalue weighted by molar-refractivity contribution is 9.10. The second-order valence-electron chi connectivity index (χ2n) is 5.25. The van der Waals surface area contributed by atoms with Crippen molar-refractivity contribution in [1.82, 2.24) is 5.32 Å². The van der Waals surface area contributed by atoms with E-state index in [1.54, 1.807) is 6.07 Å². The first-order chi connectivity index (χ1) is 11.9. The highest BCUT2D eigenvalue weighted by Crippen LogP contribution is 2.17. The van der Waals surface area contributed by atoms with Crippen LogP contribution in [0.3, 0.4) is 0 Å². The van der Waals surface area contributed by atoms with Crippen LogP contribution in [0, 0.1) is 13.8 Å². The lowest BCUT2D eigenvalue weighted by molar-refractivity contribution is -0.126. The summed E-state index contributed by atoms with van der Waals surface area (Å²) in [4.78, 5) is 35.2. The zero-order chi connectivity index (χ0) is 18.4. The molecule has 0 unspecified atom stereocenters. The average Bonchev–Trinajstić information content (AvgIpc) is 3.01. The molecule has 1 aromatic carbocycles. The summed E-state index contributed by atoms with van der Waals surface area (Å²) in [5.41, 5.74) is 2.70. The molecule has 1 heterocycles. The minimum atomic E-state index is -0.763. The number of furan rings is 1. The SMILES string of the molecule is Cc1cccc(NC(=O)CNC(=O)COC(=O)c2ccc(Br)o2)c1C. The summed E-state index contributed by atoms with van der Waals surface area (Å²) in [6, 6.07) is 8.52. The second kappa shape index (κ2) is 8.48. The summed E-state index contributed by atoms with van der Waals surface area (Å²) in [7, 11) is 0. The Kier molecular flexibility index (Phi) is 6.35. The van der Waals surface area contributed by atoms with Crippen LogP contribution < -0.4 is 10.6 Å². The van der Waals surface area contributed by atoms with Gasteiger partial charge in [0.05, 0.1) is 6.54 Å². The van der Waals surface area contributed by atoms with Crippen LogP contribution in [0.2, 0.25) is 0 Å².